The van der Waals surface area contributed by atoms with Crippen molar-refractivity contribution in [2.24, 2.45) is 5.73 Å². The highest BCUT2D eigenvalue weighted by atomic mass is 19.1. The number of halogens is 1. The second kappa shape index (κ2) is 5.57. The number of hydrogen-bond donors (Lipinski definition) is 1. The third-order valence-electron chi connectivity index (χ3n) is 3.31. The molecule has 2 rings (SSSR count). The number of nitrogens with zero attached hydrogens (tertiary/aromatic N) is 1. The van der Waals surface area contributed by atoms with E-state index < -0.39 is 5.82 Å². The van der Waals surface area contributed by atoms with Crippen molar-refractivity contribution >= 4 is 5.91 Å². The van der Waals surface area contributed by atoms with Gasteiger partial charge >= 0.3 is 0 Å². The van der Waals surface area contributed by atoms with Gasteiger partial charge in [-0.1, -0.05) is 6.07 Å². The normalized spacial score (nSPS) is 16.0. The van der Waals surface area contributed by atoms with Gasteiger partial charge in [-0.15, -0.1) is 0 Å². The number of carbonyl (C=O) groups excluding carboxylic acids is 1. The molecule has 104 valence electrons. The zero-order chi connectivity index (χ0) is 14.0. The largest absolute Gasteiger partial charge is 0.484 e. The average Bonchev–Trinajstić information content (AvgIpc) is 3.18. The summed E-state index contributed by atoms with van der Waals surface area (Å²) in [6, 6.07) is 4.48. The maximum Gasteiger partial charge on any atom is 0.260 e. The van der Waals surface area contributed by atoms with Gasteiger partial charge in [-0.05, 0) is 25.8 Å². The first-order chi connectivity index (χ1) is 8.99. The Morgan fingerprint density at radius 3 is 2.79 bits per heavy atom. The van der Waals surface area contributed by atoms with Crippen molar-refractivity contribution < 1.29 is 13.9 Å². The summed E-state index contributed by atoms with van der Waals surface area (Å²) in [5, 5.41) is 0. The van der Waals surface area contributed by atoms with E-state index in [1.54, 1.807) is 31.0 Å². The standard InChI is InChI=1S/C14H19FN2O2/c1-9(16)12-6-5-11(7-13(12)15)19-8-14(18)17(2)10-3-4-10/h5-7,9-10H,3-4,8,16H2,1-2H3. The molecule has 4 nitrogen and oxygen atoms in total. The summed E-state index contributed by atoms with van der Waals surface area (Å²) in [4.78, 5) is 13.4. The first-order valence-electron chi connectivity index (χ1n) is 6.42. The third-order valence-corrected chi connectivity index (χ3v) is 3.31. The van der Waals surface area contributed by atoms with Crippen LogP contribution in [0, 0.1) is 5.82 Å². The van der Waals surface area contributed by atoms with Crippen LogP contribution in [0.3, 0.4) is 0 Å². The highest BCUT2D eigenvalue weighted by Crippen LogP contribution is 2.25. The Morgan fingerprint density at radius 2 is 2.26 bits per heavy atom. The maximum atomic E-state index is 13.7. The molecule has 0 aliphatic heterocycles. The van der Waals surface area contributed by atoms with E-state index in [4.69, 9.17) is 10.5 Å². The van der Waals surface area contributed by atoms with Crippen LogP contribution in [0.1, 0.15) is 31.4 Å². The van der Waals surface area contributed by atoms with Crippen LogP contribution in [0.25, 0.3) is 0 Å². The molecule has 1 aliphatic rings. The summed E-state index contributed by atoms with van der Waals surface area (Å²) in [5.74, 6) is -0.144. The topological polar surface area (TPSA) is 55.6 Å². The second-order valence-electron chi connectivity index (χ2n) is 5.00. The minimum Gasteiger partial charge on any atom is -0.484 e. The molecule has 1 saturated carbocycles. The molecule has 1 aromatic rings. The second-order valence-corrected chi connectivity index (χ2v) is 5.00. The number of ether oxygens (including phenoxy) is 1. The number of carbonyl (C=O) groups is 1. The molecule has 0 aromatic heterocycles. The number of benzene rings is 1. The quantitative estimate of drug-likeness (QED) is 0.884. The number of hydrogen-bond acceptors (Lipinski definition) is 3. The number of amides is 1. The zero-order valence-corrected chi connectivity index (χ0v) is 11.2. The highest BCUT2D eigenvalue weighted by Gasteiger charge is 2.29. The summed E-state index contributed by atoms with van der Waals surface area (Å²) < 4.78 is 19.0. The molecule has 5 heteroatoms. The SMILES string of the molecule is CC(N)c1ccc(OCC(=O)N(C)C2CC2)cc1F. The van der Waals surface area contributed by atoms with Crippen LogP contribution < -0.4 is 10.5 Å². The van der Waals surface area contributed by atoms with Crippen molar-refractivity contribution in [1.29, 1.82) is 0 Å². The van der Waals surface area contributed by atoms with E-state index in [2.05, 4.69) is 0 Å². The van der Waals surface area contributed by atoms with E-state index in [1.807, 2.05) is 0 Å². The Kier molecular flexibility index (Phi) is 4.04. The Labute approximate surface area is 112 Å². The zero-order valence-electron chi connectivity index (χ0n) is 11.2. The molecule has 1 amide bonds. The molecule has 1 unspecified atom stereocenters. The van der Waals surface area contributed by atoms with Gasteiger partial charge in [0.05, 0.1) is 0 Å². The number of rotatable bonds is 5. The summed E-state index contributed by atoms with van der Waals surface area (Å²) in [5.41, 5.74) is 6.06. The molecule has 0 heterocycles. The maximum absolute atomic E-state index is 13.7. The lowest BCUT2D eigenvalue weighted by Crippen LogP contribution is -2.33. The molecule has 1 aliphatic carbocycles. The first kappa shape index (κ1) is 13.8. The van der Waals surface area contributed by atoms with Crippen LogP contribution >= 0.6 is 0 Å². The van der Waals surface area contributed by atoms with E-state index >= 15 is 0 Å². The van der Waals surface area contributed by atoms with E-state index in [-0.39, 0.29) is 18.6 Å². The van der Waals surface area contributed by atoms with Crippen LogP contribution in [0.4, 0.5) is 4.39 Å². The van der Waals surface area contributed by atoms with Crippen LogP contribution in [0.15, 0.2) is 18.2 Å². The molecule has 0 spiro atoms. The lowest BCUT2D eigenvalue weighted by Gasteiger charge is -2.16. The van der Waals surface area contributed by atoms with Crippen LogP contribution in [-0.4, -0.2) is 30.5 Å². The first-order valence-corrected chi connectivity index (χ1v) is 6.42. The Hall–Kier alpha value is -1.62. The summed E-state index contributed by atoms with van der Waals surface area (Å²) in [7, 11) is 1.77. The van der Waals surface area contributed by atoms with Crippen LogP contribution in [0.2, 0.25) is 0 Å². The van der Waals surface area contributed by atoms with Crippen molar-refractivity contribution in [2.45, 2.75) is 31.8 Å². The van der Waals surface area contributed by atoms with E-state index in [0.717, 1.165) is 12.8 Å². The van der Waals surface area contributed by atoms with E-state index in [1.165, 1.54) is 6.07 Å². The molecule has 1 fully saturated rings. The average molecular weight is 266 g/mol. The van der Waals surface area contributed by atoms with Gasteiger partial charge < -0.3 is 15.4 Å². The summed E-state index contributed by atoms with van der Waals surface area (Å²) >= 11 is 0. The van der Waals surface area contributed by atoms with Crippen LogP contribution in [-0.2, 0) is 4.79 Å². The van der Waals surface area contributed by atoms with E-state index in [9.17, 15) is 9.18 Å². The van der Waals surface area contributed by atoms with Crippen molar-refractivity contribution in [3.63, 3.8) is 0 Å². The molecular weight excluding hydrogens is 247 g/mol. The minimum absolute atomic E-state index is 0.0655. The lowest BCUT2D eigenvalue weighted by atomic mass is 10.1. The smallest absolute Gasteiger partial charge is 0.260 e. The molecule has 1 aromatic carbocycles. The van der Waals surface area contributed by atoms with Gasteiger partial charge in [-0.25, -0.2) is 4.39 Å². The molecular formula is C14H19FN2O2. The summed E-state index contributed by atoms with van der Waals surface area (Å²) in [6.45, 7) is 1.65. The van der Waals surface area contributed by atoms with Gasteiger partial charge in [0, 0.05) is 30.8 Å². The molecule has 1 atom stereocenters. The van der Waals surface area contributed by atoms with E-state index in [0.29, 0.717) is 17.4 Å². The number of likely N-dealkylation sites (N-methyl/N-ethyl adjacent to an activating group) is 1. The fraction of sp³-hybridized carbons (Fsp3) is 0.500. The van der Waals surface area contributed by atoms with Crippen LogP contribution in [0.5, 0.6) is 5.75 Å². The van der Waals surface area contributed by atoms with Crippen molar-refractivity contribution in [3.05, 3.63) is 29.6 Å². The fourth-order valence-corrected chi connectivity index (χ4v) is 1.88. The van der Waals surface area contributed by atoms with Gasteiger partial charge in [0.15, 0.2) is 6.61 Å². The lowest BCUT2D eigenvalue weighted by molar-refractivity contribution is -0.132. The molecule has 2 N–H and O–H groups in total. The Balaban J connectivity index is 1.92. The minimum atomic E-state index is -0.407. The van der Waals surface area contributed by atoms with Crippen molar-refractivity contribution in [1.82, 2.24) is 4.90 Å². The van der Waals surface area contributed by atoms with Crippen molar-refractivity contribution in [2.75, 3.05) is 13.7 Å². The molecule has 0 radical (unpaired) electrons. The Morgan fingerprint density at radius 1 is 1.58 bits per heavy atom. The Bertz CT molecular complexity index is 473. The van der Waals surface area contributed by atoms with Gasteiger partial charge in [0.25, 0.3) is 5.91 Å². The highest BCUT2D eigenvalue weighted by molar-refractivity contribution is 5.78. The monoisotopic (exact) mass is 266 g/mol. The van der Waals surface area contributed by atoms with Gasteiger partial charge in [-0.2, -0.15) is 0 Å². The molecule has 0 saturated heterocycles. The predicted octanol–water partition coefficient (Wildman–Crippen LogP) is 1.84. The predicted molar refractivity (Wildman–Crippen MR) is 70.3 cm³/mol. The third kappa shape index (κ3) is 3.44. The van der Waals surface area contributed by atoms with Crippen molar-refractivity contribution in [3.8, 4) is 5.75 Å². The molecule has 0 bridgehead atoms. The summed E-state index contributed by atoms with van der Waals surface area (Å²) in [6.07, 6.45) is 2.11. The molecule has 19 heavy (non-hydrogen) atoms. The van der Waals surface area contributed by atoms with Gasteiger partial charge in [0.2, 0.25) is 0 Å². The fourth-order valence-electron chi connectivity index (χ4n) is 1.88. The van der Waals surface area contributed by atoms with Gasteiger partial charge in [-0.3, -0.25) is 4.79 Å². The van der Waals surface area contributed by atoms with Gasteiger partial charge in [0.1, 0.15) is 11.6 Å². The number of nitrogens with two attached hydrogens (primary N) is 1.